The number of benzene rings is 1. The minimum atomic E-state index is -5.45. The number of rotatable bonds is 19. The Labute approximate surface area is 322 Å². The fourth-order valence-electron chi connectivity index (χ4n) is 11.1. The summed E-state index contributed by atoms with van der Waals surface area (Å²) >= 11 is 1.48. The van der Waals surface area contributed by atoms with Crippen molar-refractivity contribution in [3.8, 4) is 5.75 Å². The van der Waals surface area contributed by atoms with E-state index in [1.807, 2.05) is 19.2 Å². The largest absolute Gasteiger partial charge is 0.508 e. The van der Waals surface area contributed by atoms with Gasteiger partial charge in [0.1, 0.15) is 5.75 Å². The van der Waals surface area contributed by atoms with E-state index in [4.69, 9.17) is 9.16 Å². The highest BCUT2D eigenvalue weighted by molar-refractivity contribution is 7.99. The number of phenolic OH excluding ortho intramolecular Hbond substituents is 1. The number of unbranched alkanes of at least 4 members (excludes halogenated alkanes) is 6. The van der Waals surface area contributed by atoms with Crippen LogP contribution in [0.1, 0.15) is 154 Å². The third-order valence-electron chi connectivity index (χ3n) is 15.6. The predicted molar refractivity (Wildman–Crippen MR) is 210 cm³/mol. The number of alkyl halides is 5. The molecule has 3 fully saturated rings. The maximum atomic E-state index is 13.1. The van der Waals surface area contributed by atoms with E-state index in [2.05, 4.69) is 53.8 Å². The zero-order chi connectivity index (χ0) is 39.0. The van der Waals surface area contributed by atoms with Crippen LogP contribution in [0.3, 0.4) is 0 Å². The van der Waals surface area contributed by atoms with Gasteiger partial charge in [0.15, 0.2) is 8.32 Å². The maximum absolute atomic E-state index is 13.1. The summed E-state index contributed by atoms with van der Waals surface area (Å²) in [4.78, 5) is 0. The summed E-state index contributed by atoms with van der Waals surface area (Å²) in [6, 6.07) is 6.04. The molecule has 7 atom stereocenters. The summed E-state index contributed by atoms with van der Waals surface area (Å²) in [6.45, 7) is 17.1. The van der Waals surface area contributed by atoms with Crippen molar-refractivity contribution in [3.63, 3.8) is 0 Å². The lowest BCUT2D eigenvalue weighted by molar-refractivity contribution is -0.284. The molecule has 1 aromatic rings. The molecule has 1 spiro atoms. The average Bonchev–Trinajstić information content (AvgIpc) is 3.85. The highest BCUT2D eigenvalue weighted by Gasteiger charge is 2.73. The molecular formula is C43H69F5O3SSi. The van der Waals surface area contributed by atoms with Crippen LogP contribution in [-0.4, -0.2) is 50.2 Å². The van der Waals surface area contributed by atoms with E-state index >= 15 is 0 Å². The Kier molecular flexibility index (Phi) is 13.5. The molecule has 0 aromatic heterocycles. The van der Waals surface area contributed by atoms with Crippen LogP contribution in [0.4, 0.5) is 22.0 Å². The first kappa shape index (κ1) is 43.3. The molecule has 10 heteroatoms. The molecule has 0 bridgehead atoms. The number of hydrogen-bond donors (Lipinski definition) is 1. The zero-order valence-electron chi connectivity index (χ0n) is 33.9. The third-order valence-corrected chi connectivity index (χ3v) is 21.3. The zero-order valence-corrected chi connectivity index (χ0v) is 35.7. The Morgan fingerprint density at radius 1 is 0.906 bits per heavy atom. The topological polar surface area (TPSA) is 38.7 Å². The molecule has 1 aromatic carbocycles. The van der Waals surface area contributed by atoms with Crippen molar-refractivity contribution in [2.75, 3.05) is 18.6 Å². The minimum Gasteiger partial charge on any atom is -0.508 e. The Balaban J connectivity index is 1.18. The molecule has 3 nitrogen and oxygen atoms in total. The van der Waals surface area contributed by atoms with Gasteiger partial charge < -0.3 is 14.3 Å². The molecule has 3 saturated carbocycles. The van der Waals surface area contributed by atoms with Crippen LogP contribution in [0, 0.1) is 34.5 Å². The SMILES string of the molecule is CO[C@@H]1c2cc(O)ccc2C2CC[C@@]3(C)C(C[C@@H](O[Si](C)(C)C(C)(C)C(C)C)C34CC4)C2[C@@H]1CCCCCCCCCSCCCC(F)(F)C(F)(F)F. The molecule has 4 aliphatic carbocycles. The summed E-state index contributed by atoms with van der Waals surface area (Å²) in [6.07, 6.45) is 8.65. The number of halogens is 5. The summed E-state index contributed by atoms with van der Waals surface area (Å²) in [7, 11) is -0.169. The van der Waals surface area contributed by atoms with Crippen molar-refractivity contribution in [2.45, 2.75) is 179 Å². The lowest BCUT2D eigenvalue weighted by Crippen LogP contribution is -2.50. The van der Waals surface area contributed by atoms with E-state index in [9.17, 15) is 27.1 Å². The number of hydrogen-bond acceptors (Lipinski definition) is 4. The van der Waals surface area contributed by atoms with Crippen LogP contribution in [0.2, 0.25) is 18.1 Å². The third kappa shape index (κ3) is 8.56. The van der Waals surface area contributed by atoms with E-state index in [1.54, 1.807) is 0 Å². The Morgan fingerprint density at radius 3 is 2.13 bits per heavy atom. The number of phenols is 1. The molecule has 4 aliphatic rings. The highest BCUT2D eigenvalue weighted by atomic mass is 32.2. The van der Waals surface area contributed by atoms with Crippen molar-refractivity contribution >= 4 is 20.1 Å². The molecular weight excluding hydrogens is 720 g/mol. The van der Waals surface area contributed by atoms with E-state index in [0.29, 0.717) is 52.6 Å². The fraction of sp³-hybridized carbons (Fsp3) is 0.860. The molecule has 0 aliphatic heterocycles. The lowest BCUT2D eigenvalue weighted by Gasteiger charge is -2.55. The van der Waals surface area contributed by atoms with Crippen LogP contribution in [-0.2, 0) is 9.16 Å². The maximum Gasteiger partial charge on any atom is 0.453 e. The van der Waals surface area contributed by atoms with Gasteiger partial charge in [-0.25, -0.2) is 0 Å². The van der Waals surface area contributed by atoms with E-state index < -0.39 is 26.8 Å². The normalized spacial score (nSPS) is 29.7. The number of fused-ring (bicyclic) bond motifs is 6. The van der Waals surface area contributed by atoms with E-state index in [0.717, 1.165) is 50.7 Å². The Morgan fingerprint density at radius 2 is 1.53 bits per heavy atom. The van der Waals surface area contributed by atoms with Crippen LogP contribution >= 0.6 is 11.8 Å². The lowest BCUT2D eigenvalue weighted by atomic mass is 9.50. The van der Waals surface area contributed by atoms with Gasteiger partial charge in [0, 0.05) is 18.9 Å². The first-order valence-corrected chi connectivity index (χ1v) is 24.9. The molecule has 0 saturated heterocycles. The van der Waals surface area contributed by atoms with Crippen molar-refractivity contribution in [1.82, 2.24) is 0 Å². The summed E-state index contributed by atoms with van der Waals surface area (Å²) in [5.74, 6) is -0.570. The number of thioether (sulfide) groups is 1. The first-order chi connectivity index (χ1) is 24.7. The van der Waals surface area contributed by atoms with Crippen molar-refractivity contribution in [3.05, 3.63) is 29.3 Å². The van der Waals surface area contributed by atoms with Gasteiger partial charge >= 0.3 is 12.1 Å². The summed E-state index contributed by atoms with van der Waals surface area (Å²) in [5, 5.41) is 10.8. The molecule has 0 radical (unpaired) electrons. The van der Waals surface area contributed by atoms with Gasteiger partial charge in [0.25, 0.3) is 0 Å². The van der Waals surface area contributed by atoms with Gasteiger partial charge in [0.05, 0.1) is 12.2 Å². The van der Waals surface area contributed by atoms with Gasteiger partial charge in [-0.05, 0) is 139 Å². The van der Waals surface area contributed by atoms with Crippen LogP contribution < -0.4 is 0 Å². The monoisotopic (exact) mass is 788 g/mol. The minimum absolute atomic E-state index is 0.0290. The van der Waals surface area contributed by atoms with E-state index in [1.165, 1.54) is 61.4 Å². The second-order valence-corrected chi connectivity index (χ2v) is 24.7. The standard InChI is InChI=1S/C43H69F5O3SSi/c1-29(2)39(3,4)53(7,8)51-36-28-35-37-32(20-22-40(35,5)41(36)23-24-41)31-19-18-30(49)27-34(31)38(50-6)33(37)17-14-12-10-9-11-13-15-25-52-26-16-21-42(44,45)43(46,47)48/h18-19,27,29,32-33,35-38,49H,9-17,20-26,28H2,1-8H3/t32?,33-,35?,36+,37?,38-,40-/m0/s1. The van der Waals surface area contributed by atoms with Crippen molar-refractivity contribution in [1.29, 1.82) is 0 Å². The smallest absolute Gasteiger partial charge is 0.453 e. The van der Waals surface area contributed by atoms with Gasteiger partial charge in [-0.15, -0.1) is 0 Å². The van der Waals surface area contributed by atoms with Gasteiger partial charge in [-0.1, -0.05) is 79.2 Å². The highest BCUT2D eigenvalue weighted by Crippen LogP contribution is 2.78. The summed E-state index contributed by atoms with van der Waals surface area (Å²) in [5.41, 5.74) is 3.14. The predicted octanol–water partition coefficient (Wildman–Crippen LogP) is 13.9. The second kappa shape index (κ2) is 16.6. The Bertz CT molecular complexity index is 1360. The molecule has 304 valence electrons. The van der Waals surface area contributed by atoms with Gasteiger partial charge in [0.2, 0.25) is 0 Å². The van der Waals surface area contributed by atoms with Crippen molar-refractivity contribution < 1.29 is 36.2 Å². The van der Waals surface area contributed by atoms with Crippen LogP contribution in [0.25, 0.3) is 0 Å². The molecule has 53 heavy (non-hydrogen) atoms. The van der Waals surface area contributed by atoms with E-state index in [-0.39, 0.29) is 23.0 Å². The number of ether oxygens (including phenoxy) is 1. The number of methoxy groups -OCH3 is 1. The first-order valence-electron chi connectivity index (χ1n) is 20.8. The van der Waals surface area contributed by atoms with Crippen molar-refractivity contribution in [2.24, 2.45) is 34.5 Å². The molecule has 5 rings (SSSR count). The Hall–Kier alpha value is -0.843. The molecule has 1 N–H and O–H groups in total. The number of aromatic hydroxyl groups is 1. The molecule has 0 heterocycles. The average molecular weight is 789 g/mol. The summed E-state index contributed by atoms with van der Waals surface area (Å²) < 4.78 is 77.1. The van der Waals surface area contributed by atoms with Crippen LogP contribution in [0.5, 0.6) is 5.75 Å². The van der Waals surface area contributed by atoms with Gasteiger partial charge in [-0.3, -0.25) is 0 Å². The van der Waals surface area contributed by atoms with Crippen LogP contribution in [0.15, 0.2) is 18.2 Å². The fourth-order valence-corrected chi connectivity index (χ4v) is 14.8. The second-order valence-electron chi connectivity index (χ2n) is 18.9. The quantitative estimate of drug-likeness (QED) is 0.0861. The molecule has 0 amide bonds. The molecule has 3 unspecified atom stereocenters. The van der Waals surface area contributed by atoms with Gasteiger partial charge in [-0.2, -0.15) is 33.7 Å².